The summed E-state index contributed by atoms with van der Waals surface area (Å²) in [5.74, 6) is -0.140. The van der Waals surface area contributed by atoms with Crippen LogP contribution in [0.4, 0.5) is 4.39 Å². The normalized spacial score (nSPS) is 11.4. The first-order valence-electron chi connectivity index (χ1n) is 11.1. The highest BCUT2D eigenvalue weighted by molar-refractivity contribution is 5.15. The zero-order chi connectivity index (χ0) is 19.6. The van der Waals surface area contributed by atoms with Gasteiger partial charge in [0.1, 0.15) is 5.82 Å². The lowest BCUT2D eigenvalue weighted by atomic mass is 10.0. The van der Waals surface area contributed by atoms with Crippen molar-refractivity contribution >= 4 is 0 Å². The van der Waals surface area contributed by atoms with Gasteiger partial charge in [0.25, 0.3) is 0 Å². The molecule has 0 unspecified atom stereocenters. The van der Waals surface area contributed by atoms with E-state index >= 15 is 0 Å². The summed E-state index contributed by atoms with van der Waals surface area (Å²) in [6.45, 7) is 6.41. The second-order valence-electron chi connectivity index (χ2n) is 7.80. The van der Waals surface area contributed by atoms with E-state index in [1.807, 2.05) is 12.1 Å². The topological polar surface area (TPSA) is 18.5 Å². The lowest BCUT2D eigenvalue weighted by Gasteiger charge is -2.08. The molecule has 0 fully saturated rings. The van der Waals surface area contributed by atoms with Crippen molar-refractivity contribution in [3.63, 3.8) is 0 Å². The van der Waals surface area contributed by atoms with Crippen LogP contribution in [0.5, 0.6) is 0 Å². The van der Waals surface area contributed by atoms with Crippen LogP contribution in [-0.2, 0) is 15.9 Å². The third kappa shape index (κ3) is 15.8. The summed E-state index contributed by atoms with van der Waals surface area (Å²) in [7, 11) is 0. The maximum absolute atomic E-state index is 12.8. The number of unbranched alkanes of at least 4 members (excludes halogenated alkanes) is 10. The Morgan fingerprint density at radius 3 is 1.74 bits per heavy atom. The summed E-state index contributed by atoms with van der Waals surface area (Å²) in [6.07, 6.45) is 15.9. The van der Waals surface area contributed by atoms with E-state index in [2.05, 4.69) is 13.8 Å². The van der Waals surface area contributed by atoms with Crippen LogP contribution in [0.3, 0.4) is 0 Å². The molecule has 1 aromatic carbocycles. The number of benzene rings is 1. The predicted molar refractivity (Wildman–Crippen MR) is 113 cm³/mol. The lowest BCUT2D eigenvalue weighted by molar-refractivity contribution is 0.0186. The highest BCUT2D eigenvalue weighted by Gasteiger charge is 1.97. The molecule has 0 N–H and O–H groups in total. The minimum atomic E-state index is -0.140. The summed E-state index contributed by atoms with van der Waals surface area (Å²) >= 11 is 0. The number of halogens is 1. The Morgan fingerprint density at radius 1 is 0.667 bits per heavy atom. The molecule has 0 amide bonds. The molecule has 0 saturated carbocycles. The molecule has 0 atom stereocenters. The lowest BCUT2D eigenvalue weighted by Crippen LogP contribution is -2.10. The van der Waals surface area contributed by atoms with E-state index in [4.69, 9.17) is 9.47 Å². The van der Waals surface area contributed by atoms with Crippen molar-refractivity contribution < 1.29 is 13.9 Å². The summed E-state index contributed by atoms with van der Waals surface area (Å²) in [5.41, 5.74) is 1.26. The Labute approximate surface area is 166 Å². The Balaban J connectivity index is 1.72. The van der Waals surface area contributed by atoms with Crippen LogP contribution in [0.25, 0.3) is 0 Å². The monoisotopic (exact) mass is 380 g/mol. The average Bonchev–Trinajstić information content (AvgIpc) is 2.65. The van der Waals surface area contributed by atoms with E-state index in [1.165, 1.54) is 76.2 Å². The minimum Gasteiger partial charge on any atom is -0.379 e. The highest BCUT2D eigenvalue weighted by Crippen LogP contribution is 2.13. The van der Waals surface area contributed by atoms with E-state index < -0.39 is 0 Å². The fourth-order valence-electron chi connectivity index (χ4n) is 3.22. The molecule has 0 aromatic heterocycles. The highest BCUT2D eigenvalue weighted by atomic mass is 19.1. The van der Waals surface area contributed by atoms with Crippen LogP contribution < -0.4 is 0 Å². The molecule has 2 nitrogen and oxygen atoms in total. The molecule has 0 aliphatic rings. The first-order chi connectivity index (χ1) is 13.2. The summed E-state index contributed by atoms with van der Waals surface area (Å²) in [4.78, 5) is 0. The summed E-state index contributed by atoms with van der Waals surface area (Å²) in [6, 6.07) is 6.93. The van der Waals surface area contributed by atoms with Gasteiger partial charge in [-0.15, -0.1) is 0 Å². The van der Waals surface area contributed by atoms with E-state index in [0.29, 0.717) is 12.7 Å². The Bertz CT molecular complexity index is 431. The van der Waals surface area contributed by atoms with Gasteiger partial charge >= 0.3 is 0 Å². The van der Waals surface area contributed by atoms with Gasteiger partial charge in [-0.1, -0.05) is 69.9 Å². The van der Waals surface area contributed by atoms with E-state index in [-0.39, 0.29) is 5.82 Å². The van der Waals surface area contributed by atoms with Crippen molar-refractivity contribution in [2.24, 2.45) is 0 Å². The second-order valence-corrected chi connectivity index (χ2v) is 7.80. The molecular weight excluding hydrogens is 339 g/mol. The van der Waals surface area contributed by atoms with E-state index in [9.17, 15) is 4.39 Å². The van der Waals surface area contributed by atoms with Gasteiger partial charge in [0.05, 0.1) is 19.3 Å². The Kier molecular flexibility index (Phi) is 15.3. The van der Waals surface area contributed by atoms with E-state index in [1.54, 1.807) is 12.1 Å². The zero-order valence-corrected chi connectivity index (χ0v) is 17.7. The van der Waals surface area contributed by atoms with Crippen molar-refractivity contribution in [2.45, 2.75) is 97.0 Å². The first kappa shape index (κ1) is 24.1. The maximum Gasteiger partial charge on any atom is 0.123 e. The summed E-state index contributed by atoms with van der Waals surface area (Å²) < 4.78 is 23.8. The molecule has 0 spiro atoms. The maximum atomic E-state index is 12.8. The average molecular weight is 381 g/mol. The number of ether oxygens (including phenoxy) is 2. The van der Waals surface area contributed by atoms with Crippen LogP contribution >= 0.6 is 0 Å². The van der Waals surface area contributed by atoms with Crippen molar-refractivity contribution in [3.05, 3.63) is 35.6 Å². The first-order valence-corrected chi connectivity index (χ1v) is 11.1. The van der Waals surface area contributed by atoms with Gasteiger partial charge in [-0.2, -0.15) is 0 Å². The van der Waals surface area contributed by atoms with Gasteiger partial charge < -0.3 is 9.47 Å². The SMILES string of the molecule is CC(C)OCCOCCCCCCCCCCCCCc1ccc(F)cc1. The zero-order valence-electron chi connectivity index (χ0n) is 17.7. The molecule has 156 valence electrons. The molecule has 1 aromatic rings. The van der Waals surface area contributed by atoms with Gasteiger partial charge in [0.2, 0.25) is 0 Å². The van der Waals surface area contributed by atoms with Crippen molar-refractivity contribution in [1.29, 1.82) is 0 Å². The van der Waals surface area contributed by atoms with Gasteiger partial charge in [0.15, 0.2) is 0 Å². The molecule has 0 bridgehead atoms. The van der Waals surface area contributed by atoms with Crippen molar-refractivity contribution in [1.82, 2.24) is 0 Å². The van der Waals surface area contributed by atoms with Crippen molar-refractivity contribution in [3.8, 4) is 0 Å². The van der Waals surface area contributed by atoms with Gasteiger partial charge in [-0.25, -0.2) is 4.39 Å². The number of hydrogen-bond donors (Lipinski definition) is 0. The summed E-state index contributed by atoms with van der Waals surface area (Å²) in [5, 5.41) is 0. The molecule has 0 radical (unpaired) electrons. The molecule has 0 saturated heterocycles. The Hall–Kier alpha value is -0.930. The molecule has 0 heterocycles. The van der Waals surface area contributed by atoms with Gasteiger partial charge in [-0.3, -0.25) is 0 Å². The third-order valence-corrected chi connectivity index (χ3v) is 4.85. The van der Waals surface area contributed by atoms with Crippen LogP contribution in [-0.4, -0.2) is 25.9 Å². The number of aryl methyl sites for hydroxylation is 1. The third-order valence-electron chi connectivity index (χ3n) is 4.85. The largest absolute Gasteiger partial charge is 0.379 e. The van der Waals surface area contributed by atoms with Crippen LogP contribution in [0.1, 0.15) is 90.0 Å². The fraction of sp³-hybridized carbons (Fsp3) is 0.750. The van der Waals surface area contributed by atoms with Gasteiger partial charge in [0, 0.05) is 6.61 Å². The molecule has 1 rings (SSSR count). The Morgan fingerprint density at radius 2 is 1.19 bits per heavy atom. The number of rotatable bonds is 18. The van der Waals surface area contributed by atoms with Crippen molar-refractivity contribution in [2.75, 3.05) is 19.8 Å². The van der Waals surface area contributed by atoms with Crippen LogP contribution in [0, 0.1) is 5.82 Å². The predicted octanol–water partition coefficient (Wildman–Crippen LogP) is 7.10. The van der Waals surface area contributed by atoms with E-state index in [0.717, 1.165) is 19.6 Å². The molecular formula is C24H41FO2. The van der Waals surface area contributed by atoms with Crippen LogP contribution in [0.2, 0.25) is 0 Å². The van der Waals surface area contributed by atoms with Crippen LogP contribution in [0.15, 0.2) is 24.3 Å². The molecule has 27 heavy (non-hydrogen) atoms. The second kappa shape index (κ2) is 17.2. The number of hydrogen-bond acceptors (Lipinski definition) is 2. The smallest absolute Gasteiger partial charge is 0.123 e. The molecule has 0 aliphatic heterocycles. The quantitative estimate of drug-likeness (QED) is 0.253. The molecule has 3 heteroatoms. The van der Waals surface area contributed by atoms with Gasteiger partial charge in [-0.05, 0) is 50.8 Å². The fourth-order valence-corrected chi connectivity index (χ4v) is 3.22. The minimum absolute atomic E-state index is 0.140. The molecule has 0 aliphatic carbocycles. The standard InChI is InChI=1S/C24H41FO2/c1-22(2)27-21-20-26-19-13-11-9-7-5-3-4-6-8-10-12-14-23-15-17-24(25)18-16-23/h15-18,22H,3-14,19-21H2,1-2H3.